The van der Waals surface area contributed by atoms with Crippen molar-refractivity contribution in [3.63, 3.8) is 0 Å². The molecule has 1 heterocycles. The predicted octanol–water partition coefficient (Wildman–Crippen LogP) is 2.42. The van der Waals surface area contributed by atoms with Gasteiger partial charge >= 0.3 is 0 Å². The number of nitrogens with zero attached hydrogens (tertiary/aromatic N) is 1. The molecule has 1 atom stereocenters. The molecule has 2 amide bonds. The highest BCUT2D eigenvalue weighted by Crippen LogP contribution is 2.28. The van der Waals surface area contributed by atoms with Crippen LogP contribution in [0.25, 0.3) is 0 Å². The molecule has 1 fully saturated rings. The highest BCUT2D eigenvalue weighted by atomic mass is 16.5. The summed E-state index contributed by atoms with van der Waals surface area (Å²) < 4.78 is 5.26. The van der Waals surface area contributed by atoms with E-state index in [-0.39, 0.29) is 24.3 Å². The van der Waals surface area contributed by atoms with Crippen molar-refractivity contribution in [1.29, 1.82) is 0 Å². The van der Waals surface area contributed by atoms with E-state index in [0.717, 1.165) is 18.5 Å². The van der Waals surface area contributed by atoms with Crippen molar-refractivity contribution in [3.8, 4) is 5.75 Å². The molecule has 2 rings (SSSR count). The van der Waals surface area contributed by atoms with Gasteiger partial charge in [0.05, 0.1) is 19.2 Å². The molecule has 114 valence electrons. The lowest BCUT2D eigenvalue weighted by Gasteiger charge is -2.24. The Balaban J connectivity index is 2.16. The van der Waals surface area contributed by atoms with Crippen molar-refractivity contribution in [1.82, 2.24) is 4.90 Å². The number of methoxy groups -OCH3 is 1. The van der Waals surface area contributed by atoms with E-state index in [1.807, 2.05) is 38.1 Å². The Kier molecular flexibility index (Phi) is 4.83. The third-order valence-corrected chi connectivity index (χ3v) is 3.93. The number of benzene rings is 1. The maximum absolute atomic E-state index is 12.5. The monoisotopic (exact) mass is 290 g/mol. The Morgan fingerprint density at radius 2 is 1.95 bits per heavy atom. The van der Waals surface area contributed by atoms with Gasteiger partial charge in [-0.3, -0.25) is 14.5 Å². The number of carbonyl (C=O) groups is 2. The van der Waals surface area contributed by atoms with Crippen LogP contribution in [0.2, 0.25) is 0 Å². The number of nitrogens with one attached hydrogen (secondary N) is 1. The van der Waals surface area contributed by atoms with Crippen LogP contribution in [0.1, 0.15) is 33.1 Å². The van der Waals surface area contributed by atoms with Crippen LogP contribution in [0.5, 0.6) is 5.75 Å². The SMILES string of the molecule is CCC(CC)N1C(=O)CC(Nc2ccccc2OC)C1=O. The second kappa shape index (κ2) is 6.61. The van der Waals surface area contributed by atoms with Crippen molar-refractivity contribution < 1.29 is 14.3 Å². The van der Waals surface area contributed by atoms with E-state index in [1.54, 1.807) is 7.11 Å². The number of anilines is 1. The maximum Gasteiger partial charge on any atom is 0.252 e. The Morgan fingerprint density at radius 3 is 2.57 bits per heavy atom. The van der Waals surface area contributed by atoms with Crippen LogP contribution in [-0.4, -0.2) is 35.9 Å². The molecule has 1 aromatic carbocycles. The van der Waals surface area contributed by atoms with Gasteiger partial charge in [-0.2, -0.15) is 0 Å². The number of likely N-dealkylation sites (tertiary alicyclic amines) is 1. The standard InChI is InChI=1S/C16H22N2O3/c1-4-11(5-2)18-15(19)10-13(16(18)20)17-12-8-6-7-9-14(12)21-3/h6-9,11,13,17H,4-5,10H2,1-3H3. The quantitative estimate of drug-likeness (QED) is 0.817. The van der Waals surface area contributed by atoms with E-state index < -0.39 is 6.04 Å². The normalized spacial score (nSPS) is 18.5. The van der Waals surface area contributed by atoms with Gasteiger partial charge in [-0.05, 0) is 25.0 Å². The number of imide groups is 1. The minimum atomic E-state index is -0.505. The van der Waals surface area contributed by atoms with Gasteiger partial charge in [0.25, 0.3) is 5.91 Å². The van der Waals surface area contributed by atoms with Crippen molar-refractivity contribution >= 4 is 17.5 Å². The van der Waals surface area contributed by atoms with Crippen LogP contribution in [0.3, 0.4) is 0 Å². The van der Waals surface area contributed by atoms with Crippen molar-refractivity contribution in [2.75, 3.05) is 12.4 Å². The first-order chi connectivity index (χ1) is 10.1. The zero-order chi connectivity index (χ0) is 15.4. The molecule has 1 aliphatic rings. The molecule has 1 aromatic rings. The van der Waals surface area contributed by atoms with Gasteiger partial charge in [0.15, 0.2) is 0 Å². The van der Waals surface area contributed by atoms with E-state index in [1.165, 1.54) is 4.90 Å². The second-order valence-corrected chi connectivity index (χ2v) is 5.17. The Morgan fingerprint density at radius 1 is 1.29 bits per heavy atom. The molecule has 1 saturated heterocycles. The van der Waals surface area contributed by atoms with E-state index in [4.69, 9.17) is 4.74 Å². The minimum absolute atomic E-state index is 0.00512. The van der Waals surface area contributed by atoms with Crippen LogP contribution < -0.4 is 10.1 Å². The first-order valence-electron chi connectivity index (χ1n) is 7.37. The van der Waals surface area contributed by atoms with Crippen LogP contribution in [-0.2, 0) is 9.59 Å². The molecule has 0 bridgehead atoms. The van der Waals surface area contributed by atoms with Gasteiger partial charge < -0.3 is 10.1 Å². The molecular weight excluding hydrogens is 268 g/mol. The fraction of sp³-hybridized carbons (Fsp3) is 0.500. The third-order valence-electron chi connectivity index (χ3n) is 3.93. The Hall–Kier alpha value is -2.04. The zero-order valence-corrected chi connectivity index (χ0v) is 12.8. The summed E-state index contributed by atoms with van der Waals surface area (Å²) in [6.45, 7) is 3.99. The van der Waals surface area contributed by atoms with Gasteiger partial charge in [-0.25, -0.2) is 0 Å². The third kappa shape index (κ3) is 3.01. The maximum atomic E-state index is 12.5. The van der Waals surface area contributed by atoms with Gasteiger partial charge in [-0.15, -0.1) is 0 Å². The predicted molar refractivity (Wildman–Crippen MR) is 81.2 cm³/mol. The lowest BCUT2D eigenvalue weighted by atomic mass is 10.1. The van der Waals surface area contributed by atoms with E-state index in [2.05, 4.69) is 5.32 Å². The highest BCUT2D eigenvalue weighted by Gasteiger charge is 2.41. The Labute approximate surface area is 125 Å². The van der Waals surface area contributed by atoms with Gasteiger partial charge in [0.2, 0.25) is 5.91 Å². The Bertz CT molecular complexity index is 526. The topological polar surface area (TPSA) is 58.6 Å². The lowest BCUT2D eigenvalue weighted by Crippen LogP contribution is -2.41. The second-order valence-electron chi connectivity index (χ2n) is 5.17. The average molecular weight is 290 g/mol. The van der Waals surface area contributed by atoms with E-state index in [9.17, 15) is 9.59 Å². The number of rotatable bonds is 6. The number of hydrogen-bond donors (Lipinski definition) is 1. The molecule has 0 spiro atoms. The zero-order valence-electron chi connectivity index (χ0n) is 12.8. The number of hydrogen-bond acceptors (Lipinski definition) is 4. The smallest absolute Gasteiger partial charge is 0.252 e. The largest absolute Gasteiger partial charge is 0.495 e. The van der Waals surface area contributed by atoms with Crippen molar-refractivity contribution in [2.24, 2.45) is 0 Å². The van der Waals surface area contributed by atoms with Crippen LogP contribution in [0.4, 0.5) is 5.69 Å². The number of ether oxygens (including phenoxy) is 1. The van der Waals surface area contributed by atoms with Crippen molar-refractivity contribution in [2.45, 2.75) is 45.2 Å². The first kappa shape index (κ1) is 15.4. The minimum Gasteiger partial charge on any atom is -0.495 e. The van der Waals surface area contributed by atoms with Crippen LogP contribution in [0.15, 0.2) is 24.3 Å². The number of carbonyl (C=O) groups excluding carboxylic acids is 2. The summed E-state index contributed by atoms with van der Waals surface area (Å²) in [5.74, 6) is 0.430. The molecule has 0 saturated carbocycles. The molecule has 21 heavy (non-hydrogen) atoms. The molecule has 0 aromatic heterocycles. The van der Waals surface area contributed by atoms with Crippen molar-refractivity contribution in [3.05, 3.63) is 24.3 Å². The summed E-state index contributed by atoms with van der Waals surface area (Å²) >= 11 is 0. The summed E-state index contributed by atoms with van der Waals surface area (Å²) in [5.41, 5.74) is 0.734. The summed E-state index contributed by atoms with van der Waals surface area (Å²) in [6, 6.07) is 6.88. The summed E-state index contributed by atoms with van der Waals surface area (Å²) in [7, 11) is 1.58. The van der Waals surface area contributed by atoms with Gasteiger partial charge in [0.1, 0.15) is 11.8 Å². The summed E-state index contributed by atoms with van der Waals surface area (Å²) in [6.07, 6.45) is 1.78. The highest BCUT2D eigenvalue weighted by molar-refractivity contribution is 6.07. The van der Waals surface area contributed by atoms with Gasteiger partial charge in [-0.1, -0.05) is 26.0 Å². The van der Waals surface area contributed by atoms with Crippen LogP contribution >= 0.6 is 0 Å². The molecule has 1 unspecified atom stereocenters. The molecular formula is C16H22N2O3. The number of para-hydroxylation sites is 2. The first-order valence-corrected chi connectivity index (χ1v) is 7.37. The molecule has 5 nitrogen and oxygen atoms in total. The molecule has 1 N–H and O–H groups in total. The van der Waals surface area contributed by atoms with E-state index >= 15 is 0 Å². The molecule has 0 aliphatic carbocycles. The summed E-state index contributed by atoms with van der Waals surface area (Å²) in [5, 5.41) is 3.14. The average Bonchev–Trinajstić information content (AvgIpc) is 2.77. The molecule has 0 radical (unpaired) electrons. The van der Waals surface area contributed by atoms with E-state index in [0.29, 0.717) is 5.75 Å². The lowest BCUT2D eigenvalue weighted by molar-refractivity contribution is -0.141. The summed E-state index contributed by atoms with van der Waals surface area (Å²) in [4.78, 5) is 26.0. The number of amides is 2. The molecule has 5 heteroatoms. The van der Waals surface area contributed by atoms with Crippen LogP contribution in [0, 0.1) is 0 Å². The fourth-order valence-electron chi connectivity index (χ4n) is 2.75. The fourth-order valence-corrected chi connectivity index (χ4v) is 2.75. The molecule has 1 aliphatic heterocycles. The van der Waals surface area contributed by atoms with Gasteiger partial charge in [0, 0.05) is 6.04 Å².